The molecule has 0 aliphatic rings. The highest BCUT2D eigenvalue weighted by molar-refractivity contribution is 6.35. The fourth-order valence-corrected chi connectivity index (χ4v) is 2.85. The Kier molecular flexibility index (Phi) is 5.66. The molecule has 0 aliphatic heterocycles. The molecule has 132 valence electrons. The monoisotopic (exact) mass is 387 g/mol. The molecule has 0 saturated heterocycles. The van der Waals surface area contributed by atoms with Crippen molar-refractivity contribution in [3.8, 4) is 11.5 Å². The van der Waals surface area contributed by atoms with Gasteiger partial charge in [0.1, 0.15) is 18.1 Å². The molecule has 0 radical (unpaired) electrons. The Balaban J connectivity index is 1.71. The van der Waals surface area contributed by atoms with Gasteiger partial charge in [-0.15, -0.1) is 0 Å². The highest BCUT2D eigenvalue weighted by Gasteiger charge is 2.10. The van der Waals surface area contributed by atoms with Crippen molar-refractivity contribution < 1.29 is 14.6 Å². The zero-order valence-corrected chi connectivity index (χ0v) is 15.1. The topological polar surface area (TPSA) is 58.6 Å². The average Bonchev–Trinajstić information content (AvgIpc) is 2.61. The Morgan fingerprint density at radius 1 is 0.962 bits per heavy atom. The van der Waals surface area contributed by atoms with Crippen LogP contribution in [0.1, 0.15) is 15.9 Å². The van der Waals surface area contributed by atoms with Crippen LogP contribution in [0.3, 0.4) is 0 Å². The van der Waals surface area contributed by atoms with Gasteiger partial charge in [-0.25, -0.2) is 0 Å². The van der Waals surface area contributed by atoms with Crippen LogP contribution in [0.5, 0.6) is 11.5 Å². The van der Waals surface area contributed by atoms with E-state index < -0.39 is 0 Å². The van der Waals surface area contributed by atoms with Crippen LogP contribution in [0.25, 0.3) is 0 Å². The SMILES string of the molecule is O=C(Nc1cccc(O)c1)c1cccc(OCc2c(Cl)cccc2Cl)c1. The normalized spacial score (nSPS) is 10.4. The Bertz CT molecular complexity index is 924. The number of ether oxygens (including phenoxy) is 1. The summed E-state index contributed by atoms with van der Waals surface area (Å²) in [6.07, 6.45) is 0. The number of carbonyl (C=O) groups excluding carboxylic acids is 1. The summed E-state index contributed by atoms with van der Waals surface area (Å²) in [5, 5.41) is 13.2. The van der Waals surface area contributed by atoms with E-state index >= 15 is 0 Å². The molecule has 0 aromatic heterocycles. The van der Waals surface area contributed by atoms with Gasteiger partial charge in [0.05, 0.1) is 0 Å². The van der Waals surface area contributed by atoms with Gasteiger partial charge in [0, 0.05) is 32.9 Å². The van der Waals surface area contributed by atoms with E-state index in [1.165, 1.54) is 12.1 Å². The third-order valence-electron chi connectivity index (χ3n) is 3.65. The predicted molar refractivity (Wildman–Crippen MR) is 103 cm³/mol. The Hall–Kier alpha value is -2.69. The molecule has 6 heteroatoms. The van der Waals surface area contributed by atoms with Crippen LogP contribution in [-0.4, -0.2) is 11.0 Å². The van der Waals surface area contributed by atoms with E-state index in [2.05, 4.69) is 5.32 Å². The number of aromatic hydroxyl groups is 1. The van der Waals surface area contributed by atoms with Crippen LogP contribution in [-0.2, 0) is 6.61 Å². The summed E-state index contributed by atoms with van der Waals surface area (Å²) in [5.74, 6) is 0.290. The number of halogens is 2. The second kappa shape index (κ2) is 8.13. The average molecular weight is 388 g/mol. The first-order chi connectivity index (χ1) is 12.5. The Labute approximate surface area is 161 Å². The van der Waals surface area contributed by atoms with E-state index in [-0.39, 0.29) is 18.3 Å². The molecule has 0 saturated carbocycles. The Morgan fingerprint density at radius 2 is 1.65 bits per heavy atom. The number of hydrogen-bond donors (Lipinski definition) is 2. The zero-order valence-electron chi connectivity index (χ0n) is 13.6. The molecule has 3 aromatic rings. The molecule has 0 fully saturated rings. The van der Waals surface area contributed by atoms with Gasteiger partial charge in [0.25, 0.3) is 5.91 Å². The predicted octanol–water partition coefficient (Wildman–Crippen LogP) is 5.53. The first-order valence-electron chi connectivity index (χ1n) is 7.79. The molecule has 3 rings (SSSR count). The van der Waals surface area contributed by atoms with Crippen molar-refractivity contribution in [1.29, 1.82) is 0 Å². The number of hydrogen-bond acceptors (Lipinski definition) is 3. The van der Waals surface area contributed by atoms with Gasteiger partial charge in [-0.1, -0.05) is 41.4 Å². The van der Waals surface area contributed by atoms with Gasteiger partial charge in [0.15, 0.2) is 0 Å². The number of benzene rings is 3. The maximum Gasteiger partial charge on any atom is 0.255 e. The lowest BCUT2D eigenvalue weighted by Crippen LogP contribution is -2.11. The number of phenols is 1. The zero-order chi connectivity index (χ0) is 18.5. The van der Waals surface area contributed by atoms with E-state index in [1.54, 1.807) is 54.6 Å². The minimum atomic E-state index is -0.308. The molecule has 0 bridgehead atoms. The molecule has 0 aliphatic carbocycles. The first kappa shape index (κ1) is 18.1. The standard InChI is InChI=1S/C20H15Cl2NO3/c21-18-8-3-9-19(22)17(18)12-26-16-7-1-4-13(10-16)20(25)23-14-5-2-6-15(24)11-14/h1-11,24H,12H2,(H,23,25). The molecule has 26 heavy (non-hydrogen) atoms. The summed E-state index contributed by atoms with van der Waals surface area (Å²) in [7, 11) is 0. The van der Waals surface area contributed by atoms with E-state index in [0.717, 1.165) is 0 Å². The molecule has 2 N–H and O–H groups in total. The summed E-state index contributed by atoms with van der Waals surface area (Å²) < 4.78 is 5.72. The van der Waals surface area contributed by atoms with Gasteiger partial charge in [-0.05, 0) is 42.5 Å². The number of rotatable bonds is 5. The second-order valence-corrected chi connectivity index (χ2v) is 6.34. The number of nitrogens with one attached hydrogen (secondary N) is 1. The van der Waals surface area contributed by atoms with Crippen molar-refractivity contribution in [2.24, 2.45) is 0 Å². The number of anilines is 1. The minimum absolute atomic E-state index is 0.0801. The quantitative estimate of drug-likeness (QED) is 0.604. The summed E-state index contributed by atoms with van der Waals surface area (Å²) in [6.45, 7) is 0.191. The Morgan fingerprint density at radius 3 is 2.38 bits per heavy atom. The molecule has 4 nitrogen and oxygen atoms in total. The fraction of sp³-hybridized carbons (Fsp3) is 0.0500. The lowest BCUT2D eigenvalue weighted by Gasteiger charge is -2.11. The molecular weight excluding hydrogens is 373 g/mol. The van der Waals surface area contributed by atoms with Crippen LogP contribution in [0.15, 0.2) is 66.7 Å². The van der Waals surface area contributed by atoms with Gasteiger partial charge in [-0.3, -0.25) is 4.79 Å². The third kappa shape index (κ3) is 4.48. The lowest BCUT2D eigenvalue weighted by atomic mass is 10.2. The highest BCUT2D eigenvalue weighted by atomic mass is 35.5. The fourth-order valence-electron chi connectivity index (χ4n) is 2.34. The molecule has 0 spiro atoms. The smallest absolute Gasteiger partial charge is 0.255 e. The summed E-state index contributed by atoms with van der Waals surface area (Å²) in [4.78, 5) is 12.4. The highest BCUT2D eigenvalue weighted by Crippen LogP contribution is 2.26. The molecule has 0 unspecified atom stereocenters. The summed E-state index contributed by atoms with van der Waals surface area (Å²) in [6, 6.07) is 18.4. The van der Waals surface area contributed by atoms with Gasteiger partial charge in [0.2, 0.25) is 0 Å². The van der Waals surface area contributed by atoms with Crippen molar-refractivity contribution in [2.45, 2.75) is 6.61 Å². The molecule has 1 amide bonds. The lowest BCUT2D eigenvalue weighted by molar-refractivity contribution is 0.102. The van der Waals surface area contributed by atoms with Crippen LogP contribution in [0.2, 0.25) is 10.0 Å². The van der Waals surface area contributed by atoms with Gasteiger partial charge < -0.3 is 15.2 Å². The largest absolute Gasteiger partial charge is 0.508 e. The van der Waals surface area contributed by atoms with Crippen LogP contribution in [0.4, 0.5) is 5.69 Å². The van der Waals surface area contributed by atoms with E-state index in [1.807, 2.05) is 0 Å². The van der Waals surface area contributed by atoms with Gasteiger partial charge in [-0.2, -0.15) is 0 Å². The van der Waals surface area contributed by atoms with E-state index in [9.17, 15) is 9.90 Å². The van der Waals surface area contributed by atoms with Crippen LogP contribution in [0, 0.1) is 0 Å². The van der Waals surface area contributed by atoms with Crippen molar-refractivity contribution in [2.75, 3.05) is 5.32 Å². The maximum absolute atomic E-state index is 12.4. The van der Waals surface area contributed by atoms with E-state index in [4.69, 9.17) is 27.9 Å². The second-order valence-electron chi connectivity index (χ2n) is 5.52. The van der Waals surface area contributed by atoms with Gasteiger partial charge >= 0.3 is 0 Å². The number of amides is 1. The van der Waals surface area contributed by atoms with Crippen molar-refractivity contribution in [1.82, 2.24) is 0 Å². The molecule has 0 atom stereocenters. The third-order valence-corrected chi connectivity index (χ3v) is 4.35. The number of phenolic OH excluding ortho intramolecular Hbond substituents is 1. The maximum atomic E-state index is 12.4. The van der Waals surface area contributed by atoms with Crippen LogP contribution >= 0.6 is 23.2 Å². The molecule has 3 aromatic carbocycles. The van der Waals surface area contributed by atoms with E-state index in [0.29, 0.717) is 32.6 Å². The summed E-state index contributed by atoms with van der Waals surface area (Å²) in [5.41, 5.74) is 1.62. The van der Waals surface area contributed by atoms with Crippen LogP contribution < -0.4 is 10.1 Å². The first-order valence-corrected chi connectivity index (χ1v) is 8.54. The molecule has 0 heterocycles. The minimum Gasteiger partial charge on any atom is -0.508 e. The summed E-state index contributed by atoms with van der Waals surface area (Å²) >= 11 is 12.3. The molecular formula is C20H15Cl2NO3. The van der Waals surface area contributed by atoms with Crippen molar-refractivity contribution >= 4 is 34.8 Å². The van der Waals surface area contributed by atoms with Crippen molar-refractivity contribution in [3.05, 3.63) is 87.9 Å². The number of carbonyl (C=O) groups is 1. The van der Waals surface area contributed by atoms with Crippen molar-refractivity contribution in [3.63, 3.8) is 0 Å².